The van der Waals surface area contributed by atoms with Gasteiger partial charge in [-0.2, -0.15) is 140 Å². The second-order valence-electron chi connectivity index (χ2n) is 8.28. The van der Waals surface area contributed by atoms with Crippen molar-refractivity contribution in [2.75, 3.05) is 0 Å². The topological polar surface area (TPSA) is 96.0 Å². The van der Waals surface area contributed by atoms with Crippen LogP contribution >= 0.6 is 0 Å². The van der Waals surface area contributed by atoms with Gasteiger partial charge in [0.05, 0.1) is 0 Å². The smallest absolute Gasteiger partial charge is 0.400 e. The number of alkyl halides is 20. The summed E-state index contributed by atoms with van der Waals surface area (Å²) in [6.07, 6.45) is -38.6. The van der Waals surface area contributed by atoms with Crippen molar-refractivity contribution in [2.45, 2.75) is 58.6 Å². The maximum absolute atomic E-state index is 14.0. The van der Waals surface area contributed by atoms with E-state index in [-0.39, 0.29) is 0 Å². The molecule has 0 aromatic heterocycles. The molecule has 328 valence electrons. The van der Waals surface area contributed by atoms with Crippen molar-refractivity contribution in [1.29, 1.82) is 0 Å². The molecule has 0 fully saturated rings. The summed E-state index contributed by atoms with van der Waals surface area (Å²) in [7, 11) is -16.7. The normalized spacial score (nSPS) is 17.9. The maximum Gasteiger partial charge on any atom is 0.464 e. The Kier molecular flexibility index (Phi) is 15.3. The Morgan fingerprint density at radius 3 is 0.727 bits per heavy atom. The Morgan fingerprint density at radius 2 is 0.582 bits per heavy atom. The van der Waals surface area contributed by atoms with Crippen molar-refractivity contribution >= 4 is 20.4 Å². The zero-order valence-corrected chi connectivity index (χ0v) is 24.6. The van der Waals surface area contributed by atoms with Gasteiger partial charge in [0.15, 0.2) is 0 Å². The van der Waals surface area contributed by atoms with Gasteiger partial charge >= 0.3 is 103 Å². The molecule has 0 heterocycles. The molecule has 0 saturated heterocycles. The molecule has 55 heavy (non-hydrogen) atoms. The summed E-state index contributed by atoms with van der Waals surface area (Å²) in [4.78, 5) is 0. The van der Waals surface area contributed by atoms with Gasteiger partial charge in [-0.05, 0) is 0 Å². The van der Waals surface area contributed by atoms with Crippen molar-refractivity contribution in [2.24, 2.45) is 0 Å². The first-order valence-electron chi connectivity index (χ1n) is 10.6. The lowest BCUT2D eigenvalue weighted by atomic mass is 10.1. The van der Waals surface area contributed by atoms with Crippen molar-refractivity contribution < 1.29 is 162 Å². The minimum atomic E-state index is -8.43. The molecular formula is C16F30O7S2. The Hall–Kier alpha value is -3.26. The van der Waals surface area contributed by atoms with Gasteiger partial charge in [0, 0.05) is 0 Å². The zero-order chi connectivity index (χ0) is 45.6. The minimum Gasteiger partial charge on any atom is -0.400 e. The fourth-order valence-electron chi connectivity index (χ4n) is 2.05. The predicted molar refractivity (Wildman–Crippen MR) is 103 cm³/mol. The summed E-state index contributed by atoms with van der Waals surface area (Å²) in [5.41, 5.74) is 0. The summed E-state index contributed by atoms with van der Waals surface area (Å²) in [6, 6.07) is -10.2. The molecule has 0 aliphatic heterocycles. The third-order valence-electron chi connectivity index (χ3n) is 4.58. The number of ether oxygens (including phenoxy) is 3. The van der Waals surface area contributed by atoms with E-state index in [1.54, 1.807) is 0 Å². The highest BCUT2D eigenvalue weighted by Crippen LogP contribution is 2.57. The Bertz CT molecular complexity index is 1590. The van der Waals surface area contributed by atoms with E-state index in [4.69, 9.17) is 0 Å². The van der Waals surface area contributed by atoms with E-state index in [9.17, 15) is 148 Å². The quantitative estimate of drug-likeness (QED) is 0.0973. The molecule has 0 rings (SSSR count). The van der Waals surface area contributed by atoms with Gasteiger partial charge in [-0.3, -0.25) is 9.47 Å². The van der Waals surface area contributed by atoms with Gasteiger partial charge in [-0.25, -0.2) is 0 Å². The van der Waals surface area contributed by atoms with Crippen LogP contribution in [0.4, 0.5) is 131 Å². The molecule has 0 saturated carbocycles. The van der Waals surface area contributed by atoms with E-state index in [0.29, 0.717) is 0 Å². The van der Waals surface area contributed by atoms with Crippen molar-refractivity contribution in [3.8, 4) is 0 Å². The fraction of sp³-hybridized carbons (Fsp3) is 0.625. The first-order chi connectivity index (χ1) is 23.4. The van der Waals surface area contributed by atoms with Crippen LogP contribution in [0.15, 0.2) is 35.8 Å². The summed E-state index contributed by atoms with van der Waals surface area (Å²) in [6.45, 7) is 0. The molecule has 2 atom stereocenters. The lowest BCUT2D eigenvalue weighted by Gasteiger charge is -2.37. The Labute approximate surface area is 277 Å². The SMILES string of the molecule is FC(F)=C(F)F.O=S(=O)(F)C(F)(F)C(F)(F)OC(F)(C(F)(F)F)C(F)(F)C(F)=C(F)OC(F)=C(F)C(F)(F)C(F)(OC(F)(F)C(F)(F)S(=O)(=O)F)C(F)(F)F. The summed E-state index contributed by atoms with van der Waals surface area (Å²) >= 11 is 0. The molecule has 0 aromatic carbocycles. The molecule has 7 nitrogen and oxygen atoms in total. The second kappa shape index (κ2) is 15.6. The molecule has 0 radical (unpaired) electrons. The molecule has 0 aliphatic carbocycles. The van der Waals surface area contributed by atoms with Gasteiger partial charge in [-0.1, -0.05) is 7.77 Å². The fourth-order valence-corrected chi connectivity index (χ4v) is 2.70. The third kappa shape index (κ3) is 10.2. The van der Waals surface area contributed by atoms with Gasteiger partial charge < -0.3 is 4.74 Å². The van der Waals surface area contributed by atoms with E-state index in [2.05, 4.69) is 0 Å². The van der Waals surface area contributed by atoms with Crippen LogP contribution < -0.4 is 0 Å². The lowest BCUT2D eigenvalue weighted by Crippen LogP contribution is -2.63. The molecule has 0 aromatic rings. The second-order valence-corrected chi connectivity index (χ2v) is 11.1. The van der Waals surface area contributed by atoms with Crippen molar-refractivity contribution in [1.82, 2.24) is 0 Å². The Balaban J connectivity index is 0. The summed E-state index contributed by atoms with van der Waals surface area (Å²) in [5, 5.41) is -15.8. The number of hydrogen-bond donors (Lipinski definition) is 0. The van der Waals surface area contributed by atoms with E-state index in [1.807, 2.05) is 4.74 Å². The van der Waals surface area contributed by atoms with Gasteiger partial charge in [0.25, 0.3) is 0 Å². The molecular weight excluding hydrogens is 938 g/mol. The first kappa shape index (κ1) is 53.8. The van der Waals surface area contributed by atoms with Crippen LogP contribution in [-0.4, -0.2) is 75.5 Å². The highest BCUT2D eigenvalue weighted by Gasteiger charge is 2.84. The average Bonchev–Trinajstić information content (AvgIpc) is 2.93. The average molecular weight is 938 g/mol. The summed E-state index contributed by atoms with van der Waals surface area (Å²) in [5.74, 6) is -44.5. The highest BCUT2D eigenvalue weighted by molar-refractivity contribution is 7.87. The maximum atomic E-state index is 14.0. The van der Waals surface area contributed by atoms with Gasteiger partial charge in [0.2, 0.25) is 11.7 Å². The van der Waals surface area contributed by atoms with E-state index < -0.39 is 115 Å². The van der Waals surface area contributed by atoms with Crippen LogP contribution in [0.5, 0.6) is 0 Å². The van der Waals surface area contributed by atoms with Gasteiger partial charge in [-0.15, -0.1) is 0 Å². The van der Waals surface area contributed by atoms with E-state index >= 15 is 0 Å². The standard InChI is InChI=1S/C14F26O7S2.C2F4/c15-1(5(19,20)7(23,9(25,26)27)46-11(31,32)13(35,36)48(39,41)42)3(17)45-4(18)2(16)6(21,22)8(24,10(28,29)30)47-12(33,34)14(37,38)49(40,43)44;3-1(4)2(5)6. The van der Waals surface area contributed by atoms with Crippen LogP contribution in [0.25, 0.3) is 0 Å². The first-order valence-corrected chi connectivity index (χ1v) is 13.4. The monoisotopic (exact) mass is 938 g/mol. The molecule has 0 spiro atoms. The molecule has 0 amide bonds. The van der Waals surface area contributed by atoms with E-state index in [0.717, 1.165) is 0 Å². The summed E-state index contributed by atoms with van der Waals surface area (Å²) < 4.78 is 429. The largest absolute Gasteiger partial charge is 0.464 e. The van der Waals surface area contributed by atoms with Crippen LogP contribution in [0.3, 0.4) is 0 Å². The molecule has 39 heteroatoms. The predicted octanol–water partition coefficient (Wildman–Crippen LogP) is 9.94. The van der Waals surface area contributed by atoms with Crippen LogP contribution in [0.2, 0.25) is 0 Å². The molecule has 0 N–H and O–H groups in total. The molecule has 0 aliphatic rings. The molecule has 0 bridgehead atoms. The number of hydrogen-bond acceptors (Lipinski definition) is 7. The third-order valence-corrected chi connectivity index (χ3v) is 6.28. The highest BCUT2D eigenvalue weighted by atomic mass is 32.3. The minimum absolute atomic E-state index is 1.17. The Morgan fingerprint density at radius 1 is 0.382 bits per heavy atom. The van der Waals surface area contributed by atoms with Crippen molar-refractivity contribution in [3.63, 3.8) is 0 Å². The number of halogens is 30. The van der Waals surface area contributed by atoms with Gasteiger partial charge in [0.1, 0.15) is 0 Å². The van der Waals surface area contributed by atoms with Crippen LogP contribution in [0, 0.1) is 0 Å². The van der Waals surface area contributed by atoms with E-state index in [1.165, 1.54) is 9.47 Å². The van der Waals surface area contributed by atoms with Crippen LogP contribution in [0.1, 0.15) is 0 Å². The zero-order valence-electron chi connectivity index (χ0n) is 23.0. The lowest BCUT2D eigenvalue weighted by molar-refractivity contribution is -0.474. The molecule has 2 unspecified atom stereocenters. The van der Waals surface area contributed by atoms with Crippen molar-refractivity contribution in [3.05, 3.63) is 35.8 Å². The van der Waals surface area contributed by atoms with Crippen LogP contribution in [-0.2, 0) is 34.7 Å². The number of rotatable bonds is 14.